The van der Waals surface area contributed by atoms with Crippen molar-refractivity contribution in [2.75, 3.05) is 23.7 Å². The van der Waals surface area contributed by atoms with Crippen molar-refractivity contribution in [1.82, 2.24) is 0 Å². The first-order chi connectivity index (χ1) is 8.11. The highest BCUT2D eigenvalue weighted by Crippen LogP contribution is 2.29. The van der Waals surface area contributed by atoms with Crippen molar-refractivity contribution in [2.24, 2.45) is 11.7 Å². The highest BCUT2D eigenvalue weighted by molar-refractivity contribution is 5.96. The molecule has 0 bridgehead atoms. The Kier molecular flexibility index (Phi) is 3.33. The largest absolute Gasteiger partial charge is 0.399 e. The van der Waals surface area contributed by atoms with Crippen molar-refractivity contribution in [2.45, 2.75) is 19.8 Å². The Labute approximate surface area is 102 Å². The summed E-state index contributed by atoms with van der Waals surface area (Å²) >= 11 is 0. The smallest absolute Gasteiger partial charge is 0.227 e. The van der Waals surface area contributed by atoms with E-state index in [4.69, 9.17) is 11.5 Å². The van der Waals surface area contributed by atoms with Crippen molar-refractivity contribution in [3.63, 3.8) is 0 Å². The topological polar surface area (TPSA) is 72.3 Å². The molecule has 4 nitrogen and oxygen atoms in total. The number of rotatable bonds is 3. The van der Waals surface area contributed by atoms with Crippen LogP contribution < -0.4 is 16.4 Å². The third kappa shape index (κ3) is 2.42. The van der Waals surface area contributed by atoms with E-state index in [9.17, 15) is 4.79 Å². The van der Waals surface area contributed by atoms with Crippen LogP contribution >= 0.6 is 0 Å². The number of hydrogen-bond donors (Lipinski definition) is 2. The lowest BCUT2D eigenvalue weighted by Crippen LogP contribution is -2.39. The number of nitrogens with two attached hydrogens (primary N) is 2. The number of fused-ring (bicyclic) bond motifs is 1. The number of anilines is 2. The van der Waals surface area contributed by atoms with Gasteiger partial charge in [-0.15, -0.1) is 0 Å². The Morgan fingerprint density at radius 2 is 2.18 bits per heavy atom. The molecule has 0 saturated carbocycles. The van der Waals surface area contributed by atoms with E-state index in [2.05, 4.69) is 6.92 Å². The van der Waals surface area contributed by atoms with Crippen LogP contribution in [0.5, 0.6) is 0 Å². The molecule has 1 aromatic carbocycles. The predicted molar refractivity (Wildman–Crippen MR) is 69.7 cm³/mol. The van der Waals surface area contributed by atoms with Crippen LogP contribution in [0, 0.1) is 5.92 Å². The van der Waals surface area contributed by atoms with Crippen LogP contribution in [0.1, 0.15) is 18.9 Å². The number of benzene rings is 1. The van der Waals surface area contributed by atoms with Crippen molar-refractivity contribution in [1.29, 1.82) is 0 Å². The number of nitrogen functional groups attached to an aromatic ring is 1. The minimum absolute atomic E-state index is 0.183. The van der Waals surface area contributed by atoms with Gasteiger partial charge in [-0.3, -0.25) is 4.79 Å². The minimum Gasteiger partial charge on any atom is -0.399 e. The maximum atomic E-state index is 11.9. The zero-order valence-corrected chi connectivity index (χ0v) is 10.1. The molecule has 1 aromatic rings. The summed E-state index contributed by atoms with van der Waals surface area (Å²) < 4.78 is 0. The van der Waals surface area contributed by atoms with Crippen molar-refractivity contribution >= 4 is 17.3 Å². The van der Waals surface area contributed by atoms with E-state index in [-0.39, 0.29) is 5.91 Å². The summed E-state index contributed by atoms with van der Waals surface area (Å²) in [7, 11) is 0. The first kappa shape index (κ1) is 11.9. The number of amides is 1. The summed E-state index contributed by atoms with van der Waals surface area (Å²) in [6, 6.07) is 5.74. The number of carbonyl (C=O) groups excluding carboxylic acids is 1. The third-order valence-electron chi connectivity index (χ3n) is 3.20. The highest BCUT2D eigenvalue weighted by Gasteiger charge is 2.24. The van der Waals surface area contributed by atoms with Crippen LogP contribution in [0.3, 0.4) is 0 Å². The van der Waals surface area contributed by atoms with Gasteiger partial charge in [0.2, 0.25) is 5.91 Å². The molecule has 2 rings (SSSR count). The molecule has 0 spiro atoms. The second kappa shape index (κ2) is 4.75. The molecule has 1 atom stereocenters. The molecule has 0 aliphatic carbocycles. The van der Waals surface area contributed by atoms with Gasteiger partial charge < -0.3 is 16.4 Å². The van der Waals surface area contributed by atoms with Gasteiger partial charge in [0.15, 0.2) is 0 Å². The maximum absolute atomic E-state index is 11.9. The Bertz CT molecular complexity index is 431. The molecule has 17 heavy (non-hydrogen) atoms. The van der Waals surface area contributed by atoms with Gasteiger partial charge in [-0.05, 0) is 42.6 Å². The average Bonchev–Trinajstić information content (AvgIpc) is 2.32. The first-order valence-corrected chi connectivity index (χ1v) is 6.00. The van der Waals surface area contributed by atoms with E-state index < -0.39 is 0 Å². The number of carbonyl (C=O) groups is 1. The van der Waals surface area contributed by atoms with E-state index in [0.29, 0.717) is 25.4 Å². The van der Waals surface area contributed by atoms with Crippen molar-refractivity contribution < 1.29 is 4.79 Å². The third-order valence-corrected chi connectivity index (χ3v) is 3.20. The highest BCUT2D eigenvalue weighted by atomic mass is 16.2. The summed E-state index contributed by atoms with van der Waals surface area (Å²) in [5.74, 6) is 0.491. The molecule has 4 heteroatoms. The number of nitrogens with zero attached hydrogens (tertiary/aromatic N) is 1. The fraction of sp³-hybridized carbons (Fsp3) is 0.462. The summed E-state index contributed by atoms with van der Waals surface area (Å²) in [6.45, 7) is 3.33. The Balaban J connectivity index is 2.30. The van der Waals surface area contributed by atoms with Crippen molar-refractivity contribution in [3.8, 4) is 0 Å². The molecule has 92 valence electrons. The van der Waals surface area contributed by atoms with Crippen LogP contribution in [0.2, 0.25) is 0 Å². The summed E-state index contributed by atoms with van der Waals surface area (Å²) in [6.07, 6.45) is 1.35. The quantitative estimate of drug-likeness (QED) is 0.769. The Morgan fingerprint density at radius 1 is 1.41 bits per heavy atom. The standard InChI is InChI=1S/C13H19N3O/c1-9(7-14)8-16-12-4-3-11(15)6-10(12)2-5-13(16)17/h3-4,6,9H,2,5,7-8,14-15H2,1H3. The van der Waals surface area contributed by atoms with Gasteiger partial charge in [0.05, 0.1) is 0 Å². The van der Waals surface area contributed by atoms with Gasteiger partial charge in [0.25, 0.3) is 0 Å². The van der Waals surface area contributed by atoms with E-state index >= 15 is 0 Å². The Hall–Kier alpha value is -1.55. The lowest BCUT2D eigenvalue weighted by atomic mass is 9.99. The van der Waals surface area contributed by atoms with E-state index in [0.717, 1.165) is 23.4 Å². The fourth-order valence-corrected chi connectivity index (χ4v) is 2.17. The molecule has 1 aliphatic rings. The van der Waals surface area contributed by atoms with E-state index in [1.54, 1.807) is 0 Å². The van der Waals surface area contributed by atoms with Crippen LogP contribution in [0.4, 0.5) is 11.4 Å². The monoisotopic (exact) mass is 233 g/mol. The molecule has 1 aliphatic heterocycles. The van der Waals surface area contributed by atoms with Gasteiger partial charge in [-0.2, -0.15) is 0 Å². The molecule has 0 radical (unpaired) electrons. The van der Waals surface area contributed by atoms with E-state index in [1.165, 1.54) is 0 Å². The normalized spacial score (nSPS) is 16.8. The fourth-order valence-electron chi connectivity index (χ4n) is 2.17. The van der Waals surface area contributed by atoms with Gasteiger partial charge >= 0.3 is 0 Å². The molecule has 1 heterocycles. The van der Waals surface area contributed by atoms with Crippen LogP contribution in [-0.2, 0) is 11.2 Å². The molecule has 0 aromatic heterocycles. The first-order valence-electron chi connectivity index (χ1n) is 6.00. The molecule has 4 N–H and O–H groups in total. The molecule has 1 amide bonds. The van der Waals surface area contributed by atoms with Crippen LogP contribution in [-0.4, -0.2) is 19.0 Å². The van der Waals surface area contributed by atoms with Crippen molar-refractivity contribution in [3.05, 3.63) is 23.8 Å². The van der Waals surface area contributed by atoms with Crippen LogP contribution in [0.25, 0.3) is 0 Å². The van der Waals surface area contributed by atoms with Gasteiger partial charge in [0, 0.05) is 24.3 Å². The zero-order valence-electron chi connectivity index (χ0n) is 10.1. The SMILES string of the molecule is CC(CN)CN1C(=O)CCc2cc(N)ccc21. The molecular weight excluding hydrogens is 214 g/mol. The summed E-state index contributed by atoms with van der Waals surface area (Å²) in [5.41, 5.74) is 14.3. The summed E-state index contributed by atoms with van der Waals surface area (Å²) in [5, 5.41) is 0. The second-order valence-electron chi connectivity index (χ2n) is 4.73. The zero-order chi connectivity index (χ0) is 12.4. The predicted octanol–water partition coefficient (Wildman–Crippen LogP) is 1.14. The molecule has 0 saturated heterocycles. The lowest BCUT2D eigenvalue weighted by molar-refractivity contribution is -0.119. The van der Waals surface area contributed by atoms with Gasteiger partial charge in [-0.25, -0.2) is 0 Å². The average molecular weight is 233 g/mol. The second-order valence-corrected chi connectivity index (χ2v) is 4.73. The minimum atomic E-state index is 0.183. The summed E-state index contributed by atoms with van der Waals surface area (Å²) in [4.78, 5) is 13.8. The van der Waals surface area contributed by atoms with Gasteiger partial charge in [0.1, 0.15) is 0 Å². The van der Waals surface area contributed by atoms with Gasteiger partial charge in [-0.1, -0.05) is 6.92 Å². The number of aryl methyl sites for hydroxylation is 1. The van der Waals surface area contributed by atoms with Crippen LogP contribution in [0.15, 0.2) is 18.2 Å². The van der Waals surface area contributed by atoms with E-state index in [1.807, 2.05) is 23.1 Å². The molecular formula is C13H19N3O. The lowest BCUT2D eigenvalue weighted by Gasteiger charge is -2.31. The molecule has 1 unspecified atom stereocenters. The number of hydrogen-bond acceptors (Lipinski definition) is 3. The Morgan fingerprint density at radius 3 is 2.88 bits per heavy atom. The molecule has 0 fully saturated rings. The maximum Gasteiger partial charge on any atom is 0.227 e.